The van der Waals surface area contributed by atoms with E-state index in [1.54, 1.807) is 7.11 Å². The van der Waals surface area contributed by atoms with Crippen LogP contribution in [0.15, 0.2) is 30.3 Å². The molecule has 4 nitrogen and oxygen atoms in total. The van der Waals surface area contributed by atoms with E-state index in [-0.39, 0.29) is 0 Å². The van der Waals surface area contributed by atoms with Gasteiger partial charge in [0.05, 0.1) is 18.5 Å². The average molecular weight is 231 g/mol. The van der Waals surface area contributed by atoms with Crippen LogP contribution in [0.25, 0.3) is 0 Å². The Bertz CT molecular complexity index is 505. The predicted molar refractivity (Wildman–Crippen MR) is 66.9 cm³/mol. The van der Waals surface area contributed by atoms with Crippen molar-refractivity contribution in [3.8, 4) is 5.75 Å². The second-order valence-corrected chi connectivity index (χ2v) is 3.98. The van der Waals surface area contributed by atoms with E-state index in [1.165, 1.54) is 5.56 Å². The van der Waals surface area contributed by atoms with Crippen molar-refractivity contribution in [2.24, 2.45) is 12.8 Å². The summed E-state index contributed by atoms with van der Waals surface area (Å²) < 4.78 is 7.03. The maximum absolute atomic E-state index is 5.62. The number of methoxy groups -OCH3 is 1. The van der Waals surface area contributed by atoms with Crippen LogP contribution >= 0.6 is 0 Å². The number of benzene rings is 1. The van der Waals surface area contributed by atoms with Gasteiger partial charge in [-0.2, -0.15) is 5.10 Å². The van der Waals surface area contributed by atoms with Crippen LogP contribution in [0.1, 0.15) is 17.0 Å². The molecule has 0 unspecified atom stereocenters. The van der Waals surface area contributed by atoms with E-state index in [0.29, 0.717) is 6.54 Å². The van der Waals surface area contributed by atoms with Crippen LogP contribution in [-0.2, 0) is 20.0 Å². The molecule has 0 radical (unpaired) electrons. The number of nitrogens with two attached hydrogens (primary N) is 1. The SMILES string of the molecule is COc1cccc(Cc2cc(CN)n(C)n2)c1. The minimum absolute atomic E-state index is 0.515. The molecular formula is C13H17N3O. The number of ether oxygens (including phenoxy) is 1. The number of rotatable bonds is 4. The molecule has 0 aliphatic carbocycles. The van der Waals surface area contributed by atoms with Crippen molar-refractivity contribution in [2.45, 2.75) is 13.0 Å². The molecule has 17 heavy (non-hydrogen) atoms. The summed E-state index contributed by atoms with van der Waals surface area (Å²) in [6, 6.07) is 10.1. The number of aromatic nitrogens is 2. The summed E-state index contributed by atoms with van der Waals surface area (Å²) in [6.45, 7) is 0.515. The summed E-state index contributed by atoms with van der Waals surface area (Å²) in [7, 11) is 3.59. The van der Waals surface area contributed by atoms with Gasteiger partial charge in [-0.3, -0.25) is 4.68 Å². The highest BCUT2D eigenvalue weighted by molar-refractivity contribution is 5.31. The van der Waals surface area contributed by atoms with Gasteiger partial charge in [-0.25, -0.2) is 0 Å². The molecule has 0 saturated heterocycles. The number of aryl methyl sites for hydroxylation is 1. The van der Waals surface area contributed by atoms with Crippen LogP contribution in [0.2, 0.25) is 0 Å². The molecular weight excluding hydrogens is 214 g/mol. The molecule has 0 amide bonds. The van der Waals surface area contributed by atoms with Gasteiger partial charge in [0.2, 0.25) is 0 Å². The molecule has 0 aliphatic heterocycles. The largest absolute Gasteiger partial charge is 0.497 e. The van der Waals surface area contributed by atoms with Gasteiger partial charge < -0.3 is 10.5 Å². The van der Waals surface area contributed by atoms with Gasteiger partial charge in [0.15, 0.2) is 0 Å². The third-order valence-electron chi connectivity index (χ3n) is 2.76. The monoisotopic (exact) mass is 231 g/mol. The minimum Gasteiger partial charge on any atom is -0.497 e. The van der Waals surface area contributed by atoms with Crippen molar-refractivity contribution in [2.75, 3.05) is 7.11 Å². The first-order valence-corrected chi connectivity index (χ1v) is 5.57. The molecule has 1 heterocycles. The summed E-state index contributed by atoms with van der Waals surface area (Å²) in [5, 5.41) is 4.43. The first-order valence-electron chi connectivity index (χ1n) is 5.57. The normalized spacial score (nSPS) is 10.5. The Kier molecular flexibility index (Phi) is 3.44. The molecule has 4 heteroatoms. The topological polar surface area (TPSA) is 53.1 Å². The first-order chi connectivity index (χ1) is 8.22. The second kappa shape index (κ2) is 5.01. The maximum atomic E-state index is 5.62. The van der Waals surface area contributed by atoms with Gasteiger partial charge in [0.25, 0.3) is 0 Å². The molecule has 1 aromatic carbocycles. The van der Waals surface area contributed by atoms with Crippen LogP contribution in [0.4, 0.5) is 0 Å². The van der Waals surface area contributed by atoms with E-state index < -0.39 is 0 Å². The van der Waals surface area contributed by atoms with E-state index in [2.05, 4.69) is 11.2 Å². The average Bonchev–Trinajstić information content (AvgIpc) is 2.69. The smallest absolute Gasteiger partial charge is 0.119 e. The van der Waals surface area contributed by atoms with E-state index in [0.717, 1.165) is 23.6 Å². The molecule has 0 saturated carbocycles. The van der Waals surface area contributed by atoms with E-state index in [9.17, 15) is 0 Å². The minimum atomic E-state index is 0.515. The molecule has 2 rings (SSSR count). The lowest BCUT2D eigenvalue weighted by Gasteiger charge is -2.02. The highest BCUT2D eigenvalue weighted by Gasteiger charge is 2.05. The lowest BCUT2D eigenvalue weighted by atomic mass is 10.1. The van der Waals surface area contributed by atoms with E-state index >= 15 is 0 Å². The van der Waals surface area contributed by atoms with Gasteiger partial charge in [0.1, 0.15) is 5.75 Å². The standard InChI is InChI=1S/C13H17N3O/c1-16-12(9-14)8-11(15-16)6-10-4-3-5-13(7-10)17-2/h3-5,7-8H,6,9,14H2,1-2H3. The molecule has 0 bridgehead atoms. The number of hydrogen-bond acceptors (Lipinski definition) is 3. The predicted octanol–water partition coefficient (Wildman–Crippen LogP) is 1.48. The number of hydrogen-bond donors (Lipinski definition) is 1. The van der Waals surface area contributed by atoms with Gasteiger partial charge in [0, 0.05) is 20.0 Å². The molecule has 0 spiro atoms. The lowest BCUT2D eigenvalue weighted by Crippen LogP contribution is -2.03. The lowest BCUT2D eigenvalue weighted by molar-refractivity contribution is 0.414. The molecule has 0 aliphatic rings. The molecule has 1 aromatic heterocycles. The first kappa shape index (κ1) is 11.7. The van der Waals surface area contributed by atoms with Gasteiger partial charge >= 0.3 is 0 Å². The van der Waals surface area contributed by atoms with Crippen molar-refractivity contribution in [1.29, 1.82) is 0 Å². The molecule has 90 valence electrons. The third kappa shape index (κ3) is 2.65. The van der Waals surface area contributed by atoms with Gasteiger partial charge in [-0.05, 0) is 23.8 Å². The highest BCUT2D eigenvalue weighted by atomic mass is 16.5. The zero-order valence-corrected chi connectivity index (χ0v) is 10.2. The van der Waals surface area contributed by atoms with E-state index in [4.69, 9.17) is 10.5 Å². The summed E-state index contributed by atoms with van der Waals surface area (Å²) in [5.74, 6) is 0.873. The molecule has 0 fully saturated rings. The Morgan fingerprint density at radius 1 is 1.35 bits per heavy atom. The summed E-state index contributed by atoms with van der Waals surface area (Å²) in [5.41, 5.74) is 8.88. The second-order valence-electron chi connectivity index (χ2n) is 3.98. The Labute approximate surface area is 101 Å². The van der Waals surface area contributed by atoms with Gasteiger partial charge in [-0.1, -0.05) is 12.1 Å². The van der Waals surface area contributed by atoms with Crippen molar-refractivity contribution < 1.29 is 4.74 Å². The maximum Gasteiger partial charge on any atom is 0.119 e. The van der Waals surface area contributed by atoms with Crippen molar-refractivity contribution in [1.82, 2.24) is 9.78 Å². The van der Waals surface area contributed by atoms with E-state index in [1.807, 2.05) is 36.0 Å². The fourth-order valence-corrected chi connectivity index (χ4v) is 1.84. The molecule has 2 aromatic rings. The molecule has 0 atom stereocenters. The van der Waals surface area contributed by atoms with Crippen molar-refractivity contribution in [3.05, 3.63) is 47.3 Å². The zero-order chi connectivity index (χ0) is 12.3. The highest BCUT2D eigenvalue weighted by Crippen LogP contribution is 2.16. The molecule has 2 N–H and O–H groups in total. The van der Waals surface area contributed by atoms with Crippen LogP contribution in [0.3, 0.4) is 0 Å². The van der Waals surface area contributed by atoms with Crippen LogP contribution in [0.5, 0.6) is 5.75 Å². The summed E-state index contributed by atoms with van der Waals surface area (Å²) >= 11 is 0. The Balaban J connectivity index is 2.18. The zero-order valence-electron chi connectivity index (χ0n) is 10.2. The quantitative estimate of drug-likeness (QED) is 0.867. The van der Waals surface area contributed by atoms with Gasteiger partial charge in [-0.15, -0.1) is 0 Å². The number of nitrogens with zero attached hydrogens (tertiary/aromatic N) is 2. The van der Waals surface area contributed by atoms with Crippen molar-refractivity contribution in [3.63, 3.8) is 0 Å². The fourth-order valence-electron chi connectivity index (χ4n) is 1.84. The summed E-state index contributed by atoms with van der Waals surface area (Å²) in [4.78, 5) is 0. The van der Waals surface area contributed by atoms with Crippen molar-refractivity contribution >= 4 is 0 Å². The Hall–Kier alpha value is -1.81. The third-order valence-corrected chi connectivity index (χ3v) is 2.76. The Morgan fingerprint density at radius 3 is 2.82 bits per heavy atom. The Morgan fingerprint density at radius 2 is 2.18 bits per heavy atom. The van der Waals surface area contributed by atoms with Crippen LogP contribution in [-0.4, -0.2) is 16.9 Å². The van der Waals surface area contributed by atoms with Crippen LogP contribution in [0, 0.1) is 0 Å². The fraction of sp³-hybridized carbons (Fsp3) is 0.308. The van der Waals surface area contributed by atoms with Crippen LogP contribution < -0.4 is 10.5 Å². The summed E-state index contributed by atoms with van der Waals surface area (Å²) in [6.07, 6.45) is 0.797.